The lowest BCUT2D eigenvalue weighted by atomic mass is 9.96. The minimum absolute atomic E-state index is 0.0542. The number of nitrogens with zero attached hydrogens (tertiary/aromatic N) is 5. The van der Waals surface area contributed by atoms with Crippen molar-refractivity contribution in [3.8, 4) is 0 Å². The number of aryl methyl sites for hydroxylation is 3. The second-order valence-corrected chi connectivity index (χ2v) is 14.3. The molecule has 1 unspecified atom stereocenters. The van der Waals surface area contributed by atoms with Crippen molar-refractivity contribution in [3.63, 3.8) is 0 Å². The predicted molar refractivity (Wildman–Crippen MR) is 202 cm³/mol. The van der Waals surface area contributed by atoms with Crippen molar-refractivity contribution in [2.45, 2.75) is 90.3 Å². The van der Waals surface area contributed by atoms with Gasteiger partial charge in [0.2, 0.25) is 0 Å². The van der Waals surface area contributed by atoms with Gasteiger partial charge in [0.1, 0.15) is 5.82 Å². The van der Waals surface area contributed by atoms with Crippen LogP contribution in [-0.2, 0) is 37.1 Å². The Kier molecular flexibility index (Phi) is 11.2. The summed E-state index contributed by atoms with van der Waals surface area (Å²) in [4.78, 5) is 42.5. The molecule has 0 aliphatic carbocycles. The van der Waals surface area contributed by atoms with Gasteiger partial charge in [-0.3, -0.25) is 0 Å². The molecule has 1 atom stereocenters. The fourth-order valence-corrected chi connectivity index (χ4v) is 8.25. The number of carbonyl (C=O) groups is 2. The molecule has 270 valence electrons. The molecule has 0 saturated carbocycles. The van der Waals surface area contributed by atoms with E-state index < -0.39 is 6.09 Å². The highest BCUT2D eigenvalue weighted by molar-refractivity contribution is 5.91. The van der Waals surface area contributed by atoms with Gasteiger partial charge < -0.3 is 29.8 Å². The Morgan fingerprint density at radius 3 is 2.49 bits per heavy atom. The lowest BCUT2D eigenvalue weighted by molar-refractivity contribution is -0.120. The minimum Gasteiger partial charge on any atom is -0.351 e. The van der Waals surface area contributed by atoms with Gasteiger partial charge in [0.15, 0.2) is 0 Å². The number of amides is 3. The first-order valence-electron chi connectivity index (χ1n) is 19.2. The van der Waals surface area contributed by atoms with Gasteiger partial charge in [-0.1, -0.05) is 62.4 Å². The summed E-state index contributed by atoms with van der Waals surface area (Å²) in [6, 6.07) is 22.7. The zero-order valence-corrected chi connectivity index (χ0v) is 30.3. The number of urea groups is 1. The second-order valence-electron chi connectivity index (χ2n) is 14.3. The molecule has 3 aliphatic heterocycles. The maximum absolute atomic E-state index is 13.7. The Balaban J connectivity index is 1.05. The number of fused-ring (bicyclic) bond motifs is 2. The van der Waals surface area contributed by atoms with Crippen molar-refractivity contribution in [2.75, 3.05) is 44.6 Å². The molecule has 4 aromatic rings. The summed E-state index contributed by atoms with van der Waals surface area (Å²) in [5.74, 6) is 0.860. The van der Waals surface area contributed by atoms with Crippen molar-refractivity contribution < 1.29 is 14.4 Å². The third-order valence-corrected chi connectivity index (χ3v) is 11.0. The van der Waals surface area contributed by atoms with Gasteiger partial charge in [-0.2, -0.15) is 0 Å². The first-order chi connectivity index (χ1) is 25.0. The van der Waals surface area contributed by atoms with Gasteiger partial charge in [0.25, 0.3) is 0 Å². The molecular weight excluding hydrogens is 638 g/mol. The number of aromatic nitrogens is 2. The summed E-state index contributed by atoms with van der Waals surface area (Å²) in [7, 11) is 0. The average Bonchev–Trinajstić information content (AvgIpc) is 3.77. The molecule has 3 amide bonds. The molecule has 0 radical (unpaired) electrons. The molecule has 0 bridgehead atoms. The van der Waals surface area contributed by atoms with Gasteiger partial charge in [-0.25, -0.2) is 14.6 Å². The Bertz CT molecular complexity index is 1810. The van der Waals surface area contributed by atoms with E-state index in [1.807, 2.05) is 29.2 Å². The lowest BCUT2D eigenvalue weighted by Crippen LogP contribution is -2.49. The standard InChI is InChI=1S/C41H53N7O3/c1-3-31-17-16-30(28-32(31)4-2)29-37(39-42-36-14-7-8-15-38(36)48(39)24-11-23-45-21-9-10-22-45)44-41(50)51-46-25-19-34(20-26-46)47-27-18-33-12-5-6-13-35(33)43-40(47)49/h5-8,12-17,28,34,37H,3-4,9-11,18-27,29H2,1-2H3,(H,43,49)(H,44,50). The summed E-state index contributed by atoms with van der Waals surface area (Å²) in [5.41, 5.74) is 7.96. The lowest BCUT2D eigenvalue weighted by Gasteiger charge is -2.37. The van der Waals surface area contributed by atoms with Crippen LogP contribution in [0.25, 0.3) is 11.0 Å². The van der Waals surface area contributed by atoms with E-state index in [0.717, 1.165) is 79.7 Å². The van der Waals surface area contributed by atoms with Crippen molar-refractivity contribution in [2.24, 2.45) is 0 Å². The number of hydroxylamine groups is 2. The molecule has 2 fully saturated rings. The van der Waals surface area contributed by atoms with Crippen LogP contribution < -0.4 is 10.6 Å². The number of anilines is 1. The van der Waals surface area contributed by atoms with Crippen LogP contribution in [0.15, 0.2) is 66.7 Å². The highest BCUT2D eigenvalue weighted by atomic mass is 16.7. The summed E-state index contributed by atoms with van der Waals surface area (Å²) in [5, 5.41) is 8.10. The fraction of sp³-hybridized carbons (Fsp3) is 0.488. The van der Waals surface area contributed by atoms with Gasteiger partial charge in [-0.15, -0.1) is 5.06 Å². The smallest absolute Gasteiger partial charge is 0.351 e. The Hall–Kier alpha value is -4.41. The molecule has 2 saturated heterocycles. The molecule has 51 heavy (non-hydrogen) atoms. The Morgan fingerprint density at radius 1 is 0.922 bits per heavy atom. The van der Waals surface area contributed by atoms with Crippen LogP contribution in [-0.4, -0.2) is 81.8 Å². The molecule has 10 heteroatoms. The monoisotopic (exact) mass is 691 g/mol. The number of piperidine rings is 1. The van der Waals surface area contributed by atoms with Crippen molar-refractivity contribution in [1.82, 2.24) is 29.7 Å². The van der Waals surface area contributed by atoms with E-state index in [9.17, 15) is 9.59 Å². The topological polar surface area (TPSA) is 95.0 Å². The molecule has 4 heterocycles. The molecule has 3 aromatic carbocycles. The van der Waals surface area contributed by atoms with E-state index in [4.69, 9.17) is 9.82 Å². The maximum Gasteiger partial charge on any atom is 0.426 e. The second kappa shape index (κ2) is 16.3. The van der Waals surface area contributed by atoms with Crippen molar-refractivity contribution in [1.29, 1.82) is 0 Å². The predicted octanol–water partition coefficient (Wildman–Crippen LogP) is 7.13. The Morgan fingerprint density at radius 2 is 1.69 bits per heavy atom. The summed E-state index contributed by atoms with van der Waals surface area (Å²) in [6.07, 6.45) is 7.96. The summed E-state index contributed by atoms with van der Waals surface area (Å²) >= 11 is 0. The van der Waals surface area contributed by atoms with Crippen LogP contribution >= 0.6 is 0 Å². The first kappa shape index (κ1) is 35.0. The number of likely N-dealkylation sites (tertiary alicyclic amines) is 1. The Labute approximate surface area is 302 Å². The average molecular weight is 692 g/mol. The molecule has 3 aliphatic rings. The third kappa shape index (κ3) is 8.23. The third-order valence-electron chi connectivity index (χ3n) is 11.0. The number of hydrogen-bond donors (Lipinski definition) is 2. The first-order valence-corrected chi connectivity index (χ1v) is 19.2. The normalized spacial score (nSPS) is 18.0. The highest BCUT2D eigenvalue weighted by Gasteiger charge is 2.32. The van der Waals surface area contributed by atoms with E-state index in [1.54, 1.807) is 5.06 Å². The van der Waals surface area contributed by atoms with E-state index in [2.05, 4.69) is 76.4 Å². The van der Waals surface area contributed by atoms with E-state index in [1.165, 1.54) is 42.6 Å². The van der Waals surface area contributed by atoms with Crippen LogP contribution in [0.1, 0.15) is 80.1 Å². The van der Waals surface area contributed by atoms with E-state index in [0.29, 0.717) is 26.1 Å². The van der Waals surface area contributed by atoms with Gasteiger partial charge in [0.05, 0.1) is 17.1 Å². The van der Waals surface area contributed by atoms with Gasteiger partial charge in [-0.05, 0) is 111 Å². The number of para-hydroxylation sites is 3. The molecule has 0 spiro atoms. The van der Waals surface area contributed by atoms with Crippen LogP contribution in [0.3, 0.4) is 0 Å². The van der Waals surface area contributed by atoms with Crippen LogP contribution in [0, 0.1) is 0 Å². The number of carbonyl (C=O) groups excluding carboxylic acids is 2. The molecule has 2 N–H and O–H groups in total. The fourth-order valence-electron chi connectivity index (χ4n) is 8.25. The zero-order chi connectivity index (χ0) is 35.2. The quantitative estimate of drug-likeness (QED) is 0.164. The van der Waals surface area contributed by atoms with Crippen LogP contribution in [0.4, 0.5) is 15.3 Å². The minimum atomic E-state index is -0.474. The van der Waals surface area contributed by atoms with Crippen LogP contribution in [0.5, 0.6) is 0 Å². The largest absolute Gasteiger partial charge is 0.426 e. The van der Waals surface area contributed by atoms with Gasteiger partial charge >= 0.3 is 12.1 Å². The van der Waals surface area contributed by atoms with E-state index >= 15 is 0 Å². The molecule has 10 nitrogen and oxygen atoms in total. The number of nitrogens with one attached hydrogen (secondary N) is 2. The number of benzene rings is 3. The van der Waals surface area contributed by atoms with E-state index in [-0.39, 0.29) is 18.1 Å². The van der Waals surface area contributed by atoms with Crippen LogP contribution in [0.2, 0.25) is 0 Å². The van der Waals surface area contributed by atoms with Crippen molar-refractivity contribution >= 4 is 28.8 Å². The molecule has 7 rings (SSSR count). The summed E-state index contributed by atoms with van der Waals surface area (Å²) in [6.45, 7) is 10.4. The van der Waals surface area contributed by atoms with Crippen molar-refractivity contribution in [3.05, 3.63) is 94.8 Å². The molecule has 1 aromatic heterocycles. The molecular formula is C41H53N7O3. The number of rotatable bonds is 12. The van der Waals surface area contributed by atoms with Gasteiger partial charge in [0, 0.05) is 44.3 Å². The SMILES string of the molecule is CCc1ccc(CC(NC(=O)ON2CCC(N3CCc4ccccc4NC3=O)CC2)c2nc3ccccc3n2CCCN2CCCC2)cc1CC. The maximum atomic E-state index is 13.7. The number of imidazole rings is 1. The number of hydrogen-bond acceptors (Lipinski definition) is 6. The zero-order valence-electron chi connectivity index (χ0n) is 30.3. The highest BCUT2D eigenvalue weighted by Crippen LogP contribution is 2.28. The summed E-state index contributed by atoms with van der Waals surface area (Å²) < 4.78 is 2.31.